The topological polar surface area (TPSA) is 27.1 Å². The normalized spacial score (nSPS) is 13.2. The highest BCUT2D eigenvalue weighted by Crippen LogP contribution is 2.32. The molecule has 17 heavy (non-hydrogen) atoms. The van der Waals surface area contributed by atoms with Crippen molar-refractivity contribution in [1.29, 1.82) is 0 Å². The molecule has 1 aliphatic rings. The molecular weight excluding hydrogens is 212 g/mol. The van der Waals surface area contributed by atoms with Gasteiger partial charge in [0.15, 0.2) is 0 Å². The zero-order valence-corrected chi connectivity index (χ0v) is 10.0. The lowest BCUT2D eigenvalue weighted by molar-refractivity contribution is 0.0803. The van der Waals surface area contributed by atoms with Crippen LogP contribution in [0.4, 0.5) is 0 Å². The SMILES string of the molecule is CCOCn1ncc2c1-c1ccccc1CC2. The van der Waals surface area contributed by atoms with Crippen LogP contribution in [0.1, 0.15) is 18.1 Å². The lowest BCUT2D eigenvalue weighted by atomic mass is 9.90. The predicted octanol–water partition coefficient (Wildman–Crippen LogP) is 2.64. The van der Waals surface area contributed by atoms with Crippen molar-refractivity contribution in [3.63, 3.8) is 0 Å². The van der Waals surface area contributed by atoms with Crippen LogP contribution in [0.25, 0.3) is 11.3 Å². The summed E-state index contributed by atoms with van der Waals surface area (Å²) < 4.78 is 7.43. The van der Waals surface area contributed by atoms with E-state index < -0.39 is 0 Å². The molecule has 0 bridgehead atoms. The molecule has 0 amide bonds. The molecule has 0 N–H and O–H groups in total. The third-order valence-electron chi connectivity index (χ3n) is 3.27. The van der Waals surface area contributed by atoms with Gasteiger partial charge in [0.05, 0.1) is 11.9 Å². The molecule has 0 unspecified atom stereocenters. The number of hydrogen-bond acceptors (Lipinski definition) is 2. The third-order valence-corrected chi connectivity index (χ3v) is 3.27. The van der Waals surface area contributed by atoms with Gasteiger partial charge in [-0.3, -0.25) is 0 Å². The summed E-state index contributed by atoms with van der Waals surface area (Å²) in [7, 11) is 0. The van der Waals surface area contributed by atoms with Crippen LogP contribution in [0.15, 0.2) is 30.5 Å². The fraction of sp³-hybridized carbons (Fsp3) is 0.357. The van der Waals surface area contributed by atoms with Gasteiger partial charge in [-0.1, -0.05) is 24.3 Å². The van der Waals surface area contributed by atoms with Gasteiger partial charge < -0.3 is 4.74 Å². The molecule has 0 saturated carbocycles. The van der Waals surface area contributed by atoms with Gasteiger partial charge in [-0.05, 0) is 30.9 Å². The Morgan fingerprint density at radius 1 is 1.24 bits per heavy atom. The van der Waals surface area contributed by atoms with Crippen LogP contribution in [0.3, 0.4) is 0 Å². The molecule has 0 saturated heterocycles. The van der Waals surface area contributed by atoms with E-state index in [1.54, 1.807) is 0 Å². The van der Waals surface area contributed by atoms with E-state index in [1.807, 2.05) is 17.8 Å². The fourth-order valence-electron chi connectivity index (χ4n) is 2.43. The van der Waals surface area contributed by atoms with E-state index in [4.69, 9.17) is 4.74 Å². The Balaban J connectivity index is 2.06. The number of rotatable bonds is 3. The molecule has 1 aromatic heterocycles. The average Bonchev–Trinajstić information content (AvgIpc) is 2.80. The van der Waals surface area contributed by atoms with Crippen molar-refractivity contribution in [2.24, 2.45) is 0 Å². The Morgan fingerprint density at radius 3 is 2.94 bits per heavy atom. The molecule has 1 aromatic carbocycles. The number of ether oxygens (including phenoxy) is 1. The minimum Gasteiger partial charge on any atom is -0.360 e. The molecule has 0 atom stereocenters. The maximum atomic E-state index is 5.46. The fourth-order valence-corrected chi connectivity index (χ4v) is 2.43. The van der Waals surface area contributed by atoms with Crippen LogP contribution < -0.4 is 0 Å². The number of hydrogen-bond donors (Lipinski definition) is 0. The first-order chi connectivity index (χ1) is 8.40. The van der Waals surface area contributed by atoms with Crippen molar-refractivity contribution in [3.8, 4) is 11.3 Å². The van der Waals surface area contributed by atoms with Gasteiger partial charge in [0, 0.05) is 12.2 Å². The smallest absolute Gasteiger partial charge is 0.140 e. The van der Waals surface area contributed by atoms with Crippen LogP contribution >= 0.6 is 0 Å². The maximum absolute atomic E-state index is 5.46. The second-order valence-electron chi connectivity index (χ2n) is 4.30. The predicted molar refractivity (Wildman–Crippen MR) is 66.7 cm³/mol. The van der Waals surface area contributed by atoms with E-state index in [1.165, 1.54) is 22.4 Å². The number of aryl methyl sites for hydroxylation is 2. The number of fused-ring (bicyclic) bond motifs is 3. The molecule has 0 fully saturated rings. The average molecular weight is 228 g/mol. The highest BCUT2D eigenvalue weighted by atomic mass is 16.5. The first kappa shape index (κ1) is 10.5. The standard InChI is InChI=1S/C14H16N2O/c1-2-17-10-16-14-12(9-15-16)8-7-11-5-3-4-6-13(11)14/h3-6,9H,2,7-8,10H2,1H3. The van der Waals surface area contributed by atoms with E-state index in [0.717, 1.165) is 19.4 Å². The van der Waals surface area contributed by atoms with Gasteiger partial charge in [-0.2, -0.15) is 5.10 Å². The third kappa shape index (κ3) is 1.76. The molecule has 2 aromatic rings. The van der Waals surface area contributed by atoms with Crippen molar-refractivity contribution in [2.45, 2.75) is 26.5 Å². The molecule has 1 aliphatic carbocycles. The second kappa shape index (κ2) is 4.34. The molecule has 0 radical (unpaired) electrons. The maximum Gasteiger partial charge on any atom is 0.140 e. The summed E-state index contributed by atoms with van der Waals surface area (Å²) in [5.41, 5.74) is 5.30. The molecular formula is C14H16N2O. The Hall–Kier alpha value is -1.61. The van der Waals surface area contributed by atoms with Crippen molar-refractivity contribution in [3.05, 3.63) is 41.6 Å². The number of benzene rings is 1. The second-order valence-corrected chi connectivity index (χ2v) is 4.30. The molecule has 3 nitrogen and oxygen atoms in total. The zero-order chi connectivity index (χ0) is 11.7. The van der Waals surface area contributed by atoms with Gasteiger partial charge >= 0.3 is 0 Å². The minimum absolute atomic E-state index is 0.542. The summed E-state index contributed by atoms with van der Waals surface area (Å²) in [5, 5.41) is 4.43. The Labute approximate surface area is 101 Å². The van der Waals surface area contributed by atoms with Gasteiger partial charge in [0.1, 0.15) is 6.73 Å². The summed E-state index contributed by atoms with van der Waals surface area (Å²) in [6.07, 6.45) is 4.17. The van der Waals surface area contributed by atoms with Gasteiger partial charge in [0.25, 0.3) is 0 Å². The Bertz CT molecular complexity index is 531. The number of aromatic nitrogens is 2. The summed E-state index contributed by atoms with van der Waals surface area (Å²) in [6, 6.07) is 8.58. The monoisotopic (exact) mass is 228 g/mol. The Morgan fingerprint density at radius 2 is 2.06 bits per heavy atom. The summed E-state index contributed by atoms with van der Waals surface area (Å²) in [6.45, 7) is 3.26. The minimum atomic E-state index is 0.542. The van der Waals surface area contributed by atoms with Crippen LogP contribution in [0.2, 0.25) is 0 Å². The van der Waals surface area contributed by atoms with E-state index in [2.05, 4.69) is 29.4 Å². The van der Waals surface area contributed by atoms with Crippen LogP contribution in [0.5, 0.6) is 0 Å². The van der Waals surface area contributed by atoms with E-state index in [-0.39, 0.29) is 0 Å². The molecule has 0 spiro atoms. The van der Waals surface area contributed by atoms with E-state index in [9.17, 15) is 0 Å². The lowest BCUT2D eigenvalue weighted by Crippen LogP contribution is -2.10. The highest BCUT2D eigenvalue weighted by Gasteiger charge is 2.20. The largest absolute Gasteiger partial charge is 0.360 e. The van der Waals surface area contributed by atoms with Crippen molar-refractivity contribution < 1.29 is 4.74 Å². The van der Waals surface area contributed by atoms with Crippen LogP contribution in [0, 0.1) is 0 Å². The molecule has 88 valence electrons. The van der Waals surface area contributed by atoms with Crippen molar-refractivity contribution in [2.75, 3.05) is 6.61 Å². The van der Waals surface area contributed by atoms with E-state index >= 15 is 0 Å². The number of nitrogens with zero attached hydrogens (tertiary/aromatic N) is 2. The quantitative estimate of drug-likeness (QED) is 0.807. The van der Waals surface area contributed by atoms with Crippen molar-refractivity contribution >= 4 is 0 Å². The van der Waals surface area contributed by atoms with Gasteiger partial charge in [-0.15, -0.1) is 0 Å². The molecule has 0 aliphatic heterocycles. The lowest BCUT2D eigenvalue weighted by Gasteiger charge is -2.18. The summed E-state index contributed by atoms with van der Waals surface area (Å²) in [5.74, 6) is 0. The summed E-state index contributed by atoms with van der Waals surface area (Å²) >= 11 is 0. The van der Waals surface area contributed by atoms with Crippen molar-refractivity contribution in [1.82, 2.24) is 9.78 Å². The summed E-state index contributed by atoms with van der Waals surface area (Å²) in [4.78, 5) is 0. The van der Waals surface area contributed by atoms with Crippen LogP contribution in [-0.4, -0.2) is 16.4 Å². The van der Waals surface area contributed by atoms with E-state index in [0.29, 0.717) is 6.73 Å². The van der Waals surface area contributed by atoms with Crippen LogP contribution in [-0.2, 0) is 24.3 Å². The molecule has 3 rings (SSSR count). The first-order valence-electron chi connectivity index (χ1n) is 6.11. The Kier molecular flexibility index (Phi) is 2.69. The zero-order valence-electron chi connectivity index (χ0n) is 10.0. The van der Waals surface area contributed by atoms with Gasteiger partial charge in [-0.25, -0.2) is 4.68 Å². The highest BCUT2D eigenvalue weighted by molar-refractivity contribution is 5.69. The molecule has 1 heterocycles. The van der Waals surface area contributed by atoms with Gasteiger partial charge in [0.2, 0.25) is 0 Å². The first-order valence-corrected chi connectivity index (χ1v) is 6.11. The molecule has 3 heteroatoms.